The van der Waals surface area contributed by atoms with Crippen LogP contribution >= 0.6 is 11.6 Å². The third kappa shape index (κ3) is 3.87. The average molecular weight is 400 g/mol. The topological polar surface area (TPSA) is 78.0 Å². The molecule has 3 rings (SSSR count). The highest BCUT2D eigenvalue weighted by molar-refractivity contribution is 7.88. The van der Waals surface area contributed by atoms with Gasteiger partial charge in [0.2, 0.25) is 15.9 Å². The predicted octanol–water partition coefficient (Wildman–Crippen LogP) is 0.906. The molecule has 0 N–H and O–H groups in total. The van der Waals surface area contributed by atoms with Crippen molar-refractivity contribution in [3.8, 4) is 0 Å². The molecule has 1 aromatic rings. The Morgan fingerprint density at radius 1 is 1.12 bits per heavy atom. The van der Waals surface area contributed by atoms with Crippen molar-refractivity contribution in [1.82, 2.24) is 14.1 Å². The fourth-order valence-electron chi connectivity index (χ4n) is 3.77. The van der Waals surface area contributed by atoms with Crippen LogP contribution in [0.3, 0.4) is 0 Å². The van der Waals surface area contributed by atoms with Gasteiger partial charge in [0.05, 0.1) is 6.26 Å². The Balaban J connectivity index is 1.91. The van der Waals surface area contributed by atoms with Crippen LogP contribution < -0.4 is 0 Å². The third-order valence-electron chi connectivity index (χ3n) is 5.03. The summed E-state index contributed by atoms with van der Waals surface area (Å²) in [5, 5.41) is 0.542. The van der Waals surface area contributed by atoms with Crippen LogP contribution in [0.25, 0.3) is 0 Å². The maximum absolute atomic E-state index is 12.9. The molecule has 7 nitrogen and oxygen atoms in total. The highest BCUT2D eigenvalue weighted by Gasteiger charge is 2.47. The number of rotatable bonds is 2. The average Bonchev–Trinajstić information content (AvgIpc) is 2.72. The first kappa shape index (κ1) is 19.1. The van der Waals surface area contributed by atoms with E-state index in [1.54, 1.807) is 41.1 Å². The first-order valence-corrected chi connectivity index (χ1v) is 10.6. The van der Waals surface area contributed by atoms with Gasteiger partial charge in [-0.1, -0.05) is 11.6 Å². The van der Waals surface area contributed by atoms with Crippen molar-refractivity contribution in [2.45, 2.75) is 6.42 Å². The lowest BCUT2D eigenvalue weighted by Crippen LogP contribution is -2.45. The number of hydrogen-bond donors (Lipinski definition) is 0. The molecule has 0 aromatic heterocycles. The molecule has 2 aliphatic rings. The number of halogens is 1. The molecule has 0 saturated carbocycles. The smallest absolute Gasteiger partial charge is 0.253 e. The van der Waals surface area contributed by atoms with Crippen LogP contribution in [-0.2, 0) is 14.8 Å². The number of sulfonamides is 1. The lowest BCUT2D eigenvalue weighted by Gasteiger charge is -2.32. The van der Waals surface area contributed by atoms with E-state index in [2.05, 4.69) is 0 Å². The summed E-state index contributed by atoms with van der Waals surface area (Å²) in [6.45, 7) is 1.52. The van der Waals surface area contributed by atoms with E-state index < -0.39 is 15.4 Å². The molecular weight excluding hydrogens is 378 g/mol. The molecule has 0 bridgehead atoms. The molecule has 1 unspecified atom stereocenters. The molecule has 9 heteroatoms. The van der Waals surface area contributed by atoms with E-state index >= 15 is 0 Å². The van der Waals surface area contributed by atoms with Crippen LogP contribution in [0.4, 0.5) is 0 Å². The van der Waals surface area contributed by atoms with Gasteiger partial charge in [-0.2, -0.15) is 4.31 Å². The SMILES string of the molecule is CN1CC2(CC1=O)CN(C(=O)c1ccc(Cl)cc1)CCN(S(C)(=O)=O)C2. The molecule has 26 heavy (non-hydrogen) atoms. The molecule has 2 heterocycles. The van der Waals surface area contributed by atoms with E-state index in [0.717, 1.165) is 6.26 Å². The first-order chi connectivity index (χ1) is 12.1. The van der Waals surface area contributed by atoms with Crippen molar-refractivity contribution >= 4 is 33.4 Å². The van der Waals surface area contributed by atoms with Gasteiger partial charge in [0, 0.05) is 62.2 Å². The standard InChI is InChI=1S/C17H22ClN3O4S/c1-19-10-17(9-15(19)22)11-20(7-8-21(12-17)26(2,24)25)16(23)13-3-5-14(18)6-4-13/h3-6H,7-12H2,1-2H3. The minimum atomic E-state index is -3.42. The summed E-state index contributed by atoms with van der Waals surface area (Å²) < 4.78 is 25.7. The van der Waals surface area contributed by atoms with Crippen LogP contribution in [0.15, 0.2) is 24.3 Å². The lowest BCUT2D eigenvalue weighted by molar-refractivity contribution is -0.126. The number of carbonyl (C=O) groups excluding carboxylic acids is 2. The van der Waals surface area contributed by atoms with Crippen molar-refractivity contribution in [1.29, 1.82) is 0 Å². The third-order valence-corrected chi connectivity index (χ3v) is 6.53. The summed E-state index contributed by atoms with van der Waals surface area (Å²) in [5.74, 6) is -0.211. The van der Waals surface area contributed by atoms with E-state index in [9.17, 15) is 18.0 Å². The minimum Gasteiger partial charge on any atom is -0.345 e. The van der Waals surface area contributed by atoms with Crippen molar-refractivity contribution < 1.29 is 18.0 Å². The second-order valence-electron chi connectivity index (χ2n) is 7.26. The lowest BCUT2D eigenvalue weighted by atomic mass is 9.86. The van der Waals surface area contributed by atoms with Crippen LogP contribution in [0.5, 0.6) is 0 Å². The highest BCUT2D eigenvalue weighted by Crippen LogP contribution is 2.35. The van der Waals surface area contributed by atoms with Gasteiger partial charge in [0.15, 0.2) is 0 Å². The van der Waals surface area contributed by atoms with Gasteiger partial charge in [-0.15, -0.1) is 0 Å². The van der Waals surface area contributed by atoms with Crippen molar-refractivity contribution in [3.05, 3.63) is 34.9 Å². The maximum Gasteiger partial charge on any atom is 0.253 e. The summed E-state index contributed by atoms with van der Waals surface area (Å²) in [5.41, 5.74) is -0.0944. The molecule has 142 valence electrons. The largest absolute Gasteiger partial charge is 0.345 e. The zero-order chi connectivity index (χ0) is 19.1. The summed E-state index contributed by atoms with van der Waals surface area (Å²) in [6.07, 6.45) is 1.40. The van der Waals surface area contributed by atoms with Crippen molar-refractivity contribution in [3.63, 3.8) is 0 Å². The monoisotopic (exact) mass is 399 g/mol. The van der Waals surface area contributed by atoms with Gasteiger partial charge in [0.25, 0.3) is 5.91 Å². The molecule has 0 radical (unpaired) electrons. The Labute approximate surface area is 158 Å². The van der Waals surface area contributed by atoms with Crippen LogP contribution in [0.1, 0.15) is 16.8 Å². The van der Waals surface area contributed by atoms with Gasteiger partial charge in [0.1, 0.15) is 0 Å². The predicted molar refractivity (Wildman–Crippen MR) is 98.5 cm³/mol. The Kier molecular flexibility index (Phi) is 5.02. The molecule has 1 aromatic carbocycles. The summed E-state index contributed by atoms with van der Waals surface area (Å²) in [6, 6.07) is 6.61. The maximum atomic E-state index is 12.9. The van der Waals surface area contributed by atoms with Crippen LogP contribution in [0, 0.1) is 5.41 Å². The number of carbonyl (C=O) groups is 2. The molecule has 2 amide bonds. The molecule has 2 saturated heterocycles. The first-order valence-electron chi connectivity index (χ1n) is 8.34. The Morgan fingerprint density at radius 3 is 2.31 bits per heavy atom. The van der Waals surface area contributed by atoms with E-state index in [1.807, 2.05) is 0 Å². The van der Waals surface area contributed by atoms with Gasteiger partial charge in [-0.3, -0.25) is 9.59 Å². The summed E-state index contributed by atoms with van der Waals surface area (Å²) >= 11 is 5.89. The quantitative estimate of drug-likeness (QED) is 0.740. The van der Waals surface area contributed by atoms with Gasteiger partial charge >= 0.3 is 0 Å². The van der Waals surface area contributed by atoms with E-state index in [4.69, 9.17) is 11.6 Å². The number of amides is 2. The molecule has 2 aliphatic heterocycles. The fourth-order valence-corrected chi connectivity index (χ4v) is 4.81. The highest BCUT2D eigenvalue weighted by atomic mass is 35.5. The van der Waals surface area contributed by atoms with E-state index in [-0.39, 0.29) is 37.9 Å². The Morgan fingerprint density at radius 2 is 1.77 bits per heavy atom. The second-order valence-corrected chi connectivity index (χ2v) is 9.68. The van der Waals surface area contributed by atoms with Crippen LogP contribution in [0.2, 0.25) is 5.02 Å². The molecular formula is C17H22ClN3O4S. The number of nitrogens with zero attached hydrogens (tertiary/aromatic N) is 3. The van der Waals surface area contributed by atoms with Gasteiger partial charge < -0.3 is 9.80 Å². The van der Waals surface area contributed by atoms with Crippen LogP contribution in [-0.4, -0.2) is 80.4 Å². The van der Waals surface area contributed by atoms with E-state index in [0.29, 0.717) is 23.7 Å². The summed E-state index contributed by atoms with van der Waals surface area (Å²) in [7, 11) is -1.71. The minimum absolute atomic E-state index is 0.0285. The molecule has 1 atom stereocenters. The molecule has 1 spiro atoms. The van der Waals surface area contributed by atoms with Gasteiger partial charge in [-0.05, 0) is 24.3 Å². The number of hydrogen-bond acceptors (Lipinski definition) is 4. The zero-order valence-electron chi connectivity index (χ0n) is 14.8. The molecule has 0 aliphatic carbocycles. The molecule has 2 fully saturated rings. The fraction of sp³-hybridized carbons (Fsp3) is 0.529. The Bertz CT molecular complexity index is 827. The van der Waals surface area contributed by atoms with Gasteiger partial charge in [-0.25, -0.2) is 8.42 Å². The zero-order valence-corrected chi connectivity index (χ0v) is 16.4. The second kappa shape index (κ2) is 6.83. The Hall–Kier alpha value is -1.64. The number of likely N-dealkylation sites (tertiary alicyclic amines) is 1. The van der Waals surface area contributed by atoms with E-state index in [1.165, 1.54) is 4.31 Å². The van der Waals surface area contributed by atoms with Crippen molar-refractivity contribution in [2.24, 2.45) is 5.41 Å². The number of benzene rings is 1. The van der Waals surface area contributed by atoms with Crippen molar-refractivity contribution in [2.75, 3.05) is 46.0 Å². The normalized spacial score (nSPS) is 25.0. The summed E-state index contributed by atoms with van der Waals surface area (Å²) in [4.78, 5) is 28.3.